The van der Waals surface area contributed by atoms with Gasteiger partial charge in [0.2, 0.25) is 0 Å². The maximum absolute atomic E-state index is 10.0. The lowest BCUT2D eigenvalue weighted by atomic mass is 9.96. The van der Waals surface area contributed by atoms with Crippen LogP contribution in [0.2, 0.25) is 0 Å². The molecule has 3 rings (SSSR count). The van der Waals surface area contributed by atoms with Crippen molar-refractivity contribution in [2.24, 2.45) is 0 Å². The van der Waals surface area contributed by atoms with Crippen molar-refractivity contribution in [2.45, 2.75) is 13.5 Å². The molecule has 0 bridgehead atoms. The van der Waals surface area contributed by atoms with Gasteiger partial charge >= 0.3 is 0 Å². The number of aromatic hydroxyl groups is 2. The van der Waals surface area contributed by atoms with Gasteiger partial charge in [-0.15, -0.1) is 0 Å². The highest BCUT2D eigenvalue weighted by Gasteiger charge is 2.13. The third-order valence-corrected chi connectivity index (χ3v) is 3.81. The number of hydrogen-bond donors (Lipinski definition) is 3. The summed E-state index contributed by atoms with van der Waals surface area (Å²) in [5.74, 6) is 0.874. The number of aryl methyl sites for hydroxylation is 1. The zero-order chi connectivity index (χ0) is 15.1. The number of rotatable bonds is 2. The van der Waals surface area contributed by atoms with Crippen LogP contribution in [0.1, 0.15) is 11.1 Å². The third-order valence-electron chi connectivity index (χ3n) is 3.81. The fourth-order valence-electron chi connectivity index (χ4n) is 2.76. The Labute approximate surface area is 121 Å². The first-order chi connectivity index (χ1) is 10.0. The maximum Gasteiger partial charge on any atom is 0.127 e. The summed E-state index contributed by atoms with van der Waals surface area (Å²) >= 11 is 0. The average molecular weight is 284 g/mol. The maximum atomic E-state index is 10.0. The SMILES string of the molecule is COc1cc2c(C)cc(O)cc2c2cc(O)c(CO)cc12. The van der Waals surface area contributed by atoms with Gasteiger partial charge in [-0.25, -0.2) is 0 Å². The molecule has 0 aliphatic carbocycles. The number of fused-ring (bicyclic) bond motifs is 3. The number of ether oxygens (including phenoxy) is 1. The van der Waals surface area contributed by atoms with Crippen LogP contribution in [-0.4, -0.2) is 22.4 Å². The molecule has 0 spiro atoms. The summed E-state index contributed by atoms with van der Waals surface area (Å²) in [5, 5.41) is 32.5. The summed E-state index contributed by atoms with van der Waals surface area (Å²) in [7, 11) is 1.59. The van der Waals surface area contributed by atoms with Gasteiger partial charge in [0.1, 0.15) is 17.2 Å². The van der Waals surface area contributed by atoms with Crippen LogP contribution in [0.4, 0.5) is 0 Å². The van der Waals surface area contributed by atoms with Gasteiger partial charge in [0.05, 0.1) is 13.7 Å². The molecule has 21 heavy (non-hydrogen) atoms. The molecule has 3 aromatic carbocycles. The highest BCUT2D eigenvalue weighted by molar-refractivity contribution is 6.12. The van der Waals surface area contributed by atoms with Gasteiger partial charge in [-0.05, 0) is 59.0 Å². The zero-order valence-electron chi connectivity index (χ0n) is 11.8. The molecule has 3 aromatic rings. The number of phenols is 2. The van der Waals surface area contributed by atoms with E-state index in [0.717, 1.165) is 27.1 Å². The van der Waals surface area contributed by atoms with E-state index in [1.165, 1.54) is 0 Å². The Kier molecular flexibility index (Phi) is 3.11. The smallest absolute Gasteiger partial charge is 0.127 e. The molecule has 4 heteroatoms. The van der Waals surface area contributed by atoms with Gasteiger partial charge in [0.25, 0.3) is 0 Å². The summed E-state index contributed by atoms with van der Waals surface area (Å²) < 4.78 is 5.43. The van der Waals surface area contributed by atoms with E-state index in [4.69, 9.17) is 4.74 Å². The van der Waals surface area contributed by atoms with Crippen molar-refractivity contribution in [2.75, 3.05) is 7.11 Å². The van der Waals surface area contributed by atoms with Crippen LogP contribution in [0.5, 0.6) is 17.2 Å². The highest BCUT2D eigenvalue weighted by atomic mass is 16.5. The predicted octanol–water partition coefficient (Wildman–Crippen LogP) is 3.21. The number of benzene rings is 3. The van der Waals surface area contributed by atoms with Crippen molar-refractivity contribution in [3.63, 3.8) is 0 Å². The van der Waals surface area contributed by atoms with E-state index >= 15 is 0 Å². The lowest BCUT2D eigenvalue weighted by molar-refractivity contribution is 0.276. The Balaban J connectivity index is 2.55. The molecule has 0 heterocycles. The molecular weight excluding hydrogens is 268 g/mol. The molecular formula is C17H16O4. The van der Waals surface area contributed by atoms with Crippen LogP contribution >= 0.6 is 0 Å². The fourth-order valence-corrected chi connectivity index (χ4v) is 2.76. The third kappa shape index (κ3) is 2.04. The quantitative estimate of drug-likeness (QED) is 0.632. The molecule has 0 radical (unpaired) electrons. The summed E-state index contributed by atoms with van der Waals surface area (Å²) in [4.78, 5) is 0. The molecule has 0 aromatic heterocycles. The molecule has 0 amide bonds. The van der Waals surface area contributed by atoms with Crippen LogP contribution in [0.3, 0.4) is 0 Å². The van der Waals surface area contributed by atoms with E-state index in [2.05, 4.69) is 0 Å². The molecule has 108 valence electrons. The number of aliphatic hydroxyl groups is 1. The first kappa shape index (κ1) is 13.5. The number of methoxy groups -OCH3 is 1. The minimum atomic E-state index is -0.248. The molecule has 0 saturated carbocycles. The van der Waals surface area contributed by atoms with E-state index < -0.39 is 0 Å². The van der Waals surface area contributed by atoms with Crippen molar-refractivity contribution >= 4 is 21.5 Å². The first-order valence-electron chi connectivity index (χ1n) is 6.62. The van der Waals surface area contributed by atoms with Crippen LogP contribution in [0.25, 0.3) is 21.5 Å². The zero-order valence-corrected chi connectivity index (χ0v) is 11.8. The average Bonchev–Trinajstić information content (AvgIpc) is 2.46. The minimum Gasteiger partial charge on any atom is -0.508 e. The second-order valence-corrected chi connectivity index (χ2v) is 5.12. The van der Waals surface area contributed by atoms with E-state index in [0.29, 0.717) is 11.3 Å². The van der Waals surface area contributed by atoms with Crippen molar-refractivity contribution in [3.8, 4) is 17.2 Å². The van der Waals surface area contributed by atoms with Gasteiger partial charge in [-0.1, -0.05) is 0 Å². The van der Waals surface area contributed by atoms with E-state index in [1.54, 1.807) is 31.4 Å². The Bertz CT molecular complexity index is 853. The molecule has 0 atom stereocenters. The molecule has 0 aliphatic heterocycles. The monoisotopic (exact) mass is 284 g/mol. The molecule has 0 unspecified atom stereocenters. The van der Waals surface area contributed by atoms with Gasteiger partial charge < -0.3 is 20.1 Å². The van der Waals surface area contributed by atoms with Crippen LogP contribution in [0, 0.1) is 6.92 Å². The molecule has 0 saturated heterocycles. The van der Waals surface area contributed by atoms with Gasteiger partial charge in [-0.3, -0.25) is 0 Å². The van der Waals surface area contributed by atoms with Crippen LogP contribution < -0.4 is 4.74 Å². The van der Waals surface area contributed by atoms with Crippen molar-refractivity contribution in [1.29, 1.82) is 0 Å². The van der Waals surface area contributed by atoms with Gasteiger partial charge in [-0.2, -0.15) is 0 Å². The van der Waals surface area contributed by atoms with E-state index in [1.807, 2.05) is 13.0 Å². The number of aliphatic hydroxyl groups excluding tert-OH is 1. The molecule has 0 fully saturated rings. The second-order valence-electron chi connectivity index (χ2n) is 5.12. The Morgan fingerprint density at radius 3 is 2.29 bits per heavy atom. The van der Waals surface area contributed by atoms with E-state index in [-0.39, 0.29) is 18.1 Å². The highest BCUT2D eigenvalue weighted by Crippen LogP contribution is 2.39. The Hall–Kier alpha value is -2.46. The summed E-state index contributed by atoms with van der Waals surface area (Å²) in [6.45, 7) is 1.66. The molecule has 3 N–H and O–H groups in total. The van der Waals surface area contributed by atoms with Gasteiger partial charge in [0, 0.05) is 10.9 Å². The lowest BCUT2D eigenvalue weighted by Gasteiger charge is -2.13. The fraction of sp³-hybridized carbons (Fsp3) is 0.176. The van der Waals surface area contributed by atoms with Crippen LogP contribution in [0.15, 0.2) is 30.3 Å². The summed E-state index contributed by atoms with van der Waals surface area (Å²) in [5.41, 5.74) is 1.37. The predicted molar refractivity (Wildman–Crippen MR) is 82.0 cm³/mol. The topological polar surface area (TPSA) is 69.9 Å². The Morgan fingerprint density at radius 2 is 1.62 bits per heavy atom. The second kappa shape index (κ2) is 4.82. The first-order valence-corrected chi connectivity index (χ1v) is 6.62. The molecule has 0 aliphatic rings. The minimum absolute atomic E-state index is 0.0283. The number of phenolic OH excluding ortho intramolecular Hbond substituents is 1. The lowest BCUT2D eigenvalue weighted by Crippen LogP contribution is -1.91. The van der Waals surface area contributed by atoms with Crippen molar-refractivity contribution in [1.82, 2.24) is 0 Å². The summed E-state index contributed by atoms with van der Waals surface area (Å²) in [6.07, 6.45) is 0. The van der Waals surface area contributed by atoms with Crippen molar-refractivity contribution < 1.29 is 20.1 Å². The van der Waals surface area contributed by atoms with Gasteiger partial charge in [0.15, 0.2) is 0 Å². The standard InChI is InChI=1S/C17H16O4/c1-9-3-11(19)5-13-12(9)7-17(21-2)15-4-10(8-18)16(20)6-14(13)15/h3-7,18-20H,8H2,1-2H3. The Morgan fingerprint density at radius 1 is 0.905 bits per heavy atom. The van der Waals surface area contributed by atoms with E-state index in [9.17, 15) is 15.3 Å². The normalized spacial score (nSPS) is 11.2. The summed E-state index contributed by atoms with van der Waals surface area (Å²) in [6, 6.07) is 8.58. The largest absolute Gasteiger partial charge is 0.508 e. The van der Waals surface area contributed by atoms with Crippen molar-refractivity contribution in [3.05, 3.63) is 41.5 Å². The molecule has 4 nitrogen and oxygen atoms in total. The number of hydrogen-bond acceptors (Lipinski definition) is 4. The van der Waals surface area contributed by atoms with Crippen LogP contribution in [-0.2, 0) is 6.61 Å².